The molecule has 4 nitrogen and oxygen atoms in total. The normalized spacial score (nSPS) is 10.2. The predicted molar refractivity (Wildman–Crippen MR) is 75.5 cm³/mol. The quantitative estimate of drug-likeness (QED) is 0.505. The molecule has 94 valence electrons. The van der Waals surface area contributed by atoms with Gasteiger partial charge in [-0.1, -0.05) is 25.6 Å². The fourth-order valence-electron chi connectivity index (χ4n) is 1.25. The van der Waals surface area contributed by atoms with E-state index in [1.165, 1.54) is 13.1 Å². The van der Waals surface area contributed by atoms with E-state index in [1.807, 2.05) is 0 Å². The Labute approximate surface area is 108 Å². The van der Waals surface area contributed by atoms with E-state index in [4.69, 9.17) is 0 Å². The Hall–Kier alpha value is -1.93. The summed E-state index contributed by atoms with van der Waals surface area (Å²) >= 11 is 0. The van der Waals surface area contributed by atoms with Gasteiger partial charge in [0, 0.05) is 12.6 Å². The van der Waals surface area contributed by atoms with E-state index < -0.39 is 8.07 Å². The van der Waals surface area contributed by atoms with Crippen molar-refractivity contribution >= 4 is 19.7 Å². The Kier molecular flexibility index (Phi) is 4.40. The van der Waals surface area contributed by atoms with Gasteiger partial charge >= 0.3 is 0 Å². The molecule has 0 aliphatic heterocycles. The first-order chi connectivity index (χ1) is 8.37. The van der Waals surface area contributed by atoms with Gasteiger partial charge in [0.1, 0.15) is 13.8 Å². The third kappa shape index (κ3) is 3.82. The molecule has 0 aromatic heterocycles. The van der Waals surface area contributed by atoms with Gasteiger partial charge < -0.3 is 5.32 Å². The van der Waals surface area contributed by atoms with Gasteiger partial charge in [-0.3, -0.25) is 4.79 Å². The number of rotatable bonds is 2. The highest BCUT2D eigenvalue weighted by atomic mass is 28.3. The summed E-state index contributed by atoms with van der Waals surface area (Å²) in [6.07, 6.45) is 0. The Morgan fingerprint density at radius 2 is 2.00 bits per heavy atom. The first-order valence-electron chi connectivity index (χ1n) is 5.60. The van der Waals surface area contributed by atoms with Gasteiger partial charge in [-0.25, -0.2) is 0 Å². The number of hydrogen-bond acceptors (Lipinski definition) is 3. The van der Waals surface area contributed by atoms with Crippen molar-refractivity contribution in [3.63, 3.8) is 0 Å². The van der Waals surface area contributed by atoms with E-state index in [0.717, 1.165) is 0 Å². The predicted octanol–water partition coefficient (Wildman–Crippen LogP) is 2.67. The van der Waals surface area contributed by atoms with Crippen LogP contribution in [0, 0.1) is 16.4 Å². The minimum atomic E-state index is -1.50. The van der Waals surface area contributed by atoms with Crippen LogP contribution < -0.4 is 5.32 Å². The molecule has 0 heterocycles. The third-order valence-electron chi connectivity index (χ3n) is 2.16. The van der Waals surface area contributed by atoms with E-state index in [9.17, 15) is 9.70 Å². The van der Waals surface area contributed by atoms with Crippen LogP contribution in [-0.4, -0.2) is 21.0 Å². The molecule has 0 saturated carbocycles. The van der Waals surface area contributed by atoms with Gasteiger partial charge in [-0.05, 0) is 23.4 Å². The van der Waals surface area contributed by atoms with Crippen molar-refractivity contribution in [2.75, 3.05) is 7.05 Å². The number of nitroso groups, excluding NO2 is 1. The maximum atomic E-state index is 11.4. The second-order valence-corrected chi connectivity index (χ2v) is 9.65. The van der Waals surface area contributed by atoms with Crippen LogP contribution >= 0.6 is 0 Å². The number of amides is 1. The lowest BCUT2D eigenvalue weighted by Gasteiger charge is -2.04. The minimum absolute atomic E-state index is 0.210. The monoisotopic (exact) mass is 260 g/mol. The SMILES string of the molecule is CNC(=O)c1ccc(C#C[Si](C)(C)C)c(N=O)c1. The van der Waals surface area contributed by atoms with E-state index in [2.05, 4.69) is 41.6 Å². The molecule has 1 aromatic carbocycles. The van der Waals surface area contributed by atoms with Crippen LogP contribution in [0.2, 0.25) is 19.6 Å². The molecule has 1 N–H and O–H groups in total. The van der Waals surface area contributed by atoms with Crippen LogP contribution in [0.25, 0.3) is 0 Å². The van der Waals surface area contributed by atoms with Crippen LogP contribution in [-0.2, 0) is 0 Å². The zero-order chi connectivity index (χ0) is 13.8. The molecular formula is C13H16N2O2Si. The van der Waals surface area contributed by atoms with E-state index in [1.54, 1.807) is 12.1 Å². The number of carbonyl (C=O) groups excluding carboxylic acids is 1. The molecule has 5 heteroatoms. The Balaban J connectivity index is 3.19. The standard InChI is InChI=1S/C13H16N2O2Si/c1-14-13(16)11-6-5-10(12(9-11)15-17)7-8-18(2,3)4/h5-6,9H,1-4H3,(H,14,16). The molecule has 1 aromatic rings. The summed E-state index contributed by atoms with van der Waals surface area (Å²) in [7, 11) is 0.0349. The molecule has 0 unspecified atom stereocenters. The summed E-state index contributed by atoms with van der Waals surface area (Å²) in [5, 5.41) is 5.43. The Bertz CT molecular complexity index is 536. The number of benzene rings is 1. The molecule has 0 radical (unpaired) electrons. The van der Waals surface area contributed by atoms with Crippen LogP contribution in [0.3, 0.4) is 0 Å². The second-order valence-electron chi connectivity index (χ2n) is 4.90. The van der Waals surface area contributed by atoms with Crippen LogP contribution in [0.15, 0.2) is 23.4 Å². The van der Waals surface area contributed by atoms with Gasteiger partial charge in [0.25, 0.3) is 5.91 Å². The zero-order valence-corrected chi connectivity index (χ0v) is 12.0. The molecule has 0 spiro atoms. The summed E-state index contributed by atoms with van der Waals surface area (Å²) in [4.78, 5) is 22.2. The minimum Gasteiger partial charge on any atom is -0.355 e. The number of hydrogen-bond donors (Lipinski definition) is 1. The van der Waals surface area contributed by atoms with Crippen LogP contribution in [0.5, 0.6) is 0 Å². The summed E-state index contributed by atoms with van der Waals surface area (Å²) in [6, 6.07) is 4.76. The number of nitrogens with zero attached hydrogens (tertiary/aromatic N) is 1. The van der Waals surface area contributed by atoms with Crippen molar-refractivity contribution < 1.29 is 4.79 Å². The van der Waals surface area contributed by atoms with Crippen molar-refractivity contribution in [3.05, 3.63) is 34.2 Å². The van der Waals surface area contributed by atoms with Crippen molar-refractivity contribution in [1.29, 1.82) is 0 Å². The topological polar surface area (TPSA) is 58.5 Å². The van der Waals surface area contributed by atoms with E-state index in [0.29, 0.717) is 11.1 Å². The second kappa shape index (κ2) is 5.60. The lowest BCUT2D eigenvalue weighted by Crippen LogP contribution is -2.17. The highest BCUT2D eigenvalue weighted by molar-refractivity contribution is 6.83. The molecule has 1 rings (SSSR count). The molecule has 0 aliphatic rings. The molecule has 0 bridgehead atoms. The number of nitrogens with one attached hydrogen (secondary N) is 1. The lowest BCUT2D eigenvalue weighted by atomic mass is 10.1. The van der Waals surface area contributed by atoms with Gasteiger partial charge in [0.2, 0.25) is 0 Å². The summed E-state index contributed by atoms with van der Waals surface area (Å²) in [6.45, 7) is 6.35. The average Bonchev–Trinajstić information content (AvgIpc) is 2.34. The molecule has 1 amide bonds. The van der Waals surface area contributed by atoms with Crippen molar-refractivity contribution in [3.8, 4) is 11.5 Å². The summed E-state index contributed by atoms with van der Waals surface area (Å²) in [5.74, 6) is 2.73. The Morgan fingerprint density at radius 3 is 2.50 bits per heavy atom. The molecule has 0 saturated heterocycles. The first kappa shape index (κ1) is 14.1. The Morgan fingerprint density at radius 1 is 1.33 bits per heavy atom. The summed E-state index contributed by atoms with van der Waals surface area (Å²) < 4.78 is 0. The van der Waals surface area contributed by atoms with Gasteiger partial charge in [0.05, 0.1) is 5.56 Å². The van der Waals surface area contributed by atoms with E-state index in [-0.39, 0.29) is 11.6 Å². The maximum Gasteiger partial charge on any atom is 0.251 e. The molecular weight excluding hydrogens is 244 g/mol. The average molecular weight is 260 g/mol. The highest BCUT2D eigenvalue weighted by Gasteiger charge is 2.10. The highest BCUT2D eigenvalue weighted by Crippen LogP contribution is 2.20. The molecule has 0 fully saturated rings. The van der Waals surface area contributed by atoms with Crippen LogP contribution in [0.1, 0.15) is 15.9 Å². The maximum absolute atomic E-state index is 11.4. The first-order valence-corrected chi connectivity index (χ1v) is 9.10. The number of carbonyl (C=O) groups is 1. The van der Waals surface area contributed by atoms with Crippen molar-refractivity contribution in [2.24, 2.45) is 5.18 Å². The molecule has 0 atom stereocenters. The van der Waals surface area contributed by atoms with Gasteiger partial charge in [-0.2, -0.15) is 0 Å². The van der Waals surface area contributed by atoms with E-state index >= 15 is 0 Å². The van der Waals surface area contributed by atoms with Crippen molar-refractivity contribution in [2.45, 2.75) is 19.6 Å². The molecule has 18 heavy (non-hydrogen) atoms. The summed E-state index contributed by atoms with van der Waals surface area (Å²) in [5.41, 5.74) is 4.35. The van der Waals surface area contributed by atoms with Crippen molar-refractivity contribution in [1.82, 2.24) is 5.32 Å². The zero-order valence-electron chi connectivity index (χ0n) is 11.0. The smallest absolute Gasteiger partial charge is 0.251 e. The third-order valence-corrected chi connectivity index (χ3v) is 3.03. The van der Waals surface area contributed by atoms with Gasteiger partial charge in [0.15, 0.2) is 0 Å². The fraction of sp³-hybridized carbons (Fsp3) is 0.308. The fourth-order valence-corrected chi connectivity index (χ4v) is 1.76. The largest absolute Gasteiger partial charge is 0.355 e. The molecule has 0 aliphatic carbocycles. The van der Waals surface area contributed by atoms with Gasteiger partial charge in [-0.15, -0.1) is 10.5 Å². The lowest BCUT2D eigenvalue weighted by molar-refractivity contribution is 0.0963. The van der Waals surface area contributed by atoms with Crippen LogP contribution in [0.4, 0.5) is 5.69 Å².